The monoisotopic (exact) mass is 458 g/mol. The third-order valence-corrected chi connectivity index (χ3v) is 6.56. The van der Waals surface area contributed by atoms with Gasteiger partial charge in [-0.15, -0.1) is 6.58 Å². The number of benzene rings is 2. The molecule has 0 N–H and O–H groups in total. The maximum Gasteiger partial charge on any atom is 0.410 e. The number of carbonyl (C=O) groups excluding carboxylic acids is 2. The number of hydrogen-bond acceptors (Lipinski definition) is 5. The smallest absolute Gasteiger partial charge is 0.410 e. The van der Waals surface area contributed by atoms with Crippen molar-refractivity contribution >= 4 is 22.8 Å². The van der Waals surface area contributed by atoms with Crippen molar-refractivity contribution in [2.24, 2.45) is 11.8 Å². The van der Waals surface area contributed by atoms with Crippen LogP contribution in [0.4, 0.5) is 4.79 Å². The molecule has 1 unspecified atom stereocenters. The summed E-state index contributed by atoms with van der Waals surface area (Å²) in [5, 5.41) is 0.808. The van der Waals surface area contributed by atoms with E-state index in [1.165, 1.54) is 0 Å². The Balaban J connectivity index is 1.34. The van der Waals surface area contributed by atoms with Gasteiger partial charge >= 0.3 is 6.09 Å². The fourth-order valence-electron chi connectivity index (χ4n) is 4.58. The van der Waals surface area contributed by atoms with Gasteiger partial charge in [0.05, 0.1) is 12.6 Å². The lowest BCUT2D eigenvalue weighted by atomic mass is 9.81. The van der Waals surface area contributed by atoms with E-state index in [1.54, 1.807) is 24.3 Å². The van der Waals surface area contributed by atoms with E-state index in [4.69, 9.17) is 9.47 Å². The second kappa shape index (κ2) is 11.0. The van der Waals surface area contributed by atoms with Crippen LogP contribution in [0.2, 0.25) is 0 Å². The first kappa shape index (κ1) is 23.5. The number of amides is 1. The van der Waals surface area contributed by atoms with E-state index in [0.29, 0.717) is 36.7 Å². The molecule has 0 bridgehead atoms. The summed E-state index contributed by atoms with van der Waals surface area (Å²) < 4.78 is 10.8. The Hall–Kier alpha value is -3.67. The minimum absolute atomic E-state index is 0.0909. The van der Waals surface area contributed by atoms with Crippen molar-refractivity contribution in [3.8, 4) is 5.75 Å². The highest BCUT2D eigenvalue weighted by Crippen LogP contribution is 2.30. The number of methoxy groups -OCH3 is 1. The molecule has 1 fully saturated rings. The second-order valence-electron chi connectivity index (χ2n) is 8.64. The van der Waals surface area contributed by atoms with Gasteiger partial charge in [-0.2, -0.15) is 0 Å². The Bertz CT molecular complexity index is 1160. The maximum absolute atomic E-state index is 13.1. The molecule has 2 heterocycles. The van der Waals surface area contributed by atoms with E-state index in [-0.39, 0.29) is 24.4 Å². The number of nitrogens with zero attached hydrogens (tertiary/aromatic N) is 2. The zero-order chi connectivity index (χ0) is 23.9. The molecule has 0 aliphatic carbocycles. The minimum Gasteiger partial charge on any atom is -0.497 e. The molecule has 1 saturated heterocycles. The first-order valence-corrected chi connectivity index (χ1v) is 11.6. The molecule has 2 aromatic carbocycles. The first-order valence-electron chi connectivity index (χ1n) is 11.6. The van der Waals surface area contributed by atoms with Gasteiger partial charge < -0.3 is 14.4 Å². The average molecular weight is 459 g/mol. The van der Waals surface area contributed by atoms with Crippen molar-refractivity contribution in [2.75, 3.05) is 20.2 Å². The standard InChI is InChI=1S/C28H30N2O4/c1-3-21-18-30(28(32)34-19-20-7-5-4-6-8-20)16-14-22(21)9-12-27(31)24-13-15-29-26-11-10-23(33-2)17-25(24)26/h3-8,10-11,13,15,17,21-22H,1,9,12,14,16,18-19H2,2H3/t21?,22-/m1/s1. The summed E-state index contributed by atoms with van der Waals surface area (Å²) in [5.74, 6) is 1.21. The number of pyridine rings is 1. The molecule has 1 aliphatic rings. The zero-order valence-electron chi connectivity index (χ0n) is 19.5. The van der Waals surface area contributed by atoms with Gasteiger partial charge in [0.15, 0.2) is 5.78 Å². The van der Waals surface area contributed by atoms with Crippen molar-refractivity contribution in [1.29, 1.82) is 0 Å². The van der Waals surface area contributed by atoms with Crippen LogP contribution >= 0.6 is 0 Å². The average Bonchev–Trinajstić information content (AvgIpc) is 2.90. The van der Waals surface area contributed by atoms with Crippen LogP contribution in [-0.4, -0.2) is 42.0 Å². The van der Waals surface area contributed by atoms with Crippen molar-refractivity contribution < 1.29 is 19.1 Å². The Labute approximate surface area is 200 Å². The summed E-state index contributed by atoms with van der Waals surface area (Å²) in [4.78, 5) is 31.8. The van der Waals surface area contributed by atoms with E-state index in [2.05, 4.69) is 11.6 Å². The molecule has 3 aromatic rings. The number of rotatable bonds is 8. The van der Waals surface area contributed by atoms with Crippen LogP contribution in [0.1, 0.15) is 35.2 Å². The highest BCUT2D eigenvalue weighted by atomic mass is 16.6. The van der Waals surface area contributed by atoms with Gasteiger partial charge in [-0.1, -0.05) is 36.4 Å². The lowest BCUT2D eigenvalue weighted by Crippen LogP contribution is -2.43. The van der Waals surface area contributed by atoms with E-state index < -0.39 is 0 Å². The lowest BCUT2D eigenvalue weighted by Gasteiger charge is -2.36. The van der Waals surface area contributed by atoms with Gasteiger partial charge in [-0.05, 0) is 54.5 Å². The topological polar surface area (TPSA) is 68.7 Å². The van der Waals surface area contributed by atoms with E-state index in [1.807, 2.05) is 54.6 Å². The molecule has 6 nitrogen and oxygen atoms in total. The molecular weight excluding hydrogens is 428 g/mol. The van der Waals surface area contributed by atoms with Crippen LogP contribution in [0.5, 0.6) is 5.75 Å². The maximum atomic E-state index is 13.1. The Morgan fingerprint density at radius 1 is 1.18 bits per heavy atom. The third kappa shape index (κ3) is 5.45. The van der Waals surface area contributed by atoms with Gasteiger partial charge in [0.2, 0.25) is 0 Å². The first-order chi connectivity index (χ1) is 16.6. The molecule has 1 aromatic heterocycles. The van der Waals surface area contributed by atoms with E-state index in [0.717, 1.165) is 29.3 Å². The Kier molecular flexibility index (Phi) is 7.58. The zero-order valence-corrected chi connectivity index (χ0v) is 19.5. The lowest BCUT2D eigenvalue weighted by molar-refractivity contribution is 0.0694. The van der Waals surface area contributed by atoms with Crippen LogP contribution in [0.15, 0.2) is 73.4 Å². The van der Waals surface area contributed by atoms with Crippen LogP contribution < -0.4 is 4.74 Å². The number of hydrogen-bond donors (Lipinski definition) is 0. The molecule has 1 aliphatic heterocycles. The molecule has 2 atom stereocenters. The van der Waals surface area contributed by atoms with Gasteiger partial charge in [-0.3, -0.25) is 9.78 Å². The number of ether oxygens (including phenoxy) is 2. The molecule has 0 radical (unpaired) electrons. The fourth-order valence-corrected chi connectivity index (χ4v) is 4.58. The number of piperidine rings is 1. The van der Waals surface area contributed by atoms with Crippen LogP contribution in [0, 0.1) is 11.8 Å². The molecular formula is C28H30N2O4. The van der Waals surface area contributed by atoms with Gasteiger partial charge in [-0.25, -0.2) is 4.79 Å². The Morgan fingerprint density at radius 2 is 2.00 bits per heavy atom. The van der Waals surface area contributed by atoms with Crippen LogP contribution in [0.3, 0.4) is 0 Å². The molecule has 0 saturated carbocycles. The predicted molar refractivity (Wildman–Crippen MR) is 132 cm³/mol. The van der Waals surface area contributed by atoms with E-state index in [9.17, 15) is 9.59 Å². The fraction of sp³-hybridized carbons (Fsp3) is 0.321. The quantitative estimate of drug-likeness (QED) is 0.321. The number of Topliss-reactive ketones (excluding diaryl/α,β-unsaturated/α-hetero) is 1. The molecule has 1 amide bonds. The van der Waals surface area contributed by atoms with Crippen molar-refractivity contribution in [2.45, 2.75) is 25.9 Å². The molecule has 34 heavy (non-hydrogen) atoms. The normalized spacial score (nSPS) is 17.9. The summed E-state index contributed by atoms with van der Waals surface area (Å²) in [6.07, 6.45) is 5.27. The third-order valence-electron chi connectivity index (χ3n) is 6.56. The number of ketones is 1. The highest BCUT2D eigenvalue weighted by Gasteiger charge is 2.31. The summed E-state index contributed by atoms with van der Waals surface area (Å²) >= 11 is 0. The highest BCUT2D eigenvalue weighted by molar-refractivity contribution is 6.07. The van der Waals surface area contributed by atoms with Crippen molar-refractivity contribution in [3.05, 3.63) is 84.6 Å². The molecule has 176 valence electrons. The van der Waals surface area contributed by atoms with Crippen molar-refractivity contribution in [1.82, 2.24) is 9.88 Å². The largest absolute Gasteiger partial charge is 0.497 e. The van der Waals surface area contributed by atoms with Crippen LogP contribution in [-0.2, 0) is 11.3 Å². The molecule has 0 spiro atoms. The van der Waals surface area contributed by atoms with Gasteiger partial charge in [0, 0.05) is 36.7 Å². The van der Waals surface area contributed by atoms with Crippen LogP contribution in [0.25, 0.3) is 10.9 Å². The molecule has 6 heteroatoms. The SMILES string of the molecule is C=CC1CN(C(=O)OCc2ccccc2)CC[C@H]1CCC(=O)c1ccnc2ccc(OC)cc12. The van der Waals surface area contributed by atoms with Gasteiger partial charge in [0.25, 0.3) is 0 Å². The van der Waals surface area contributed by atoms with Gasteiger partial charge in [0.1, 0.15) is 12.4 Å². The summed E-state index contributed by atoms with van der Waals surface area (Å²) in [6, 6.07) is 17.0. The Morgan fingerprint density at radius 3 is 2.76 bits per heavy atom. The number of likely N-dealkylation sites (tertiary alicyclic amines) is 1. The predicted octanol–water partition coefficient (Wildman–Crippen LogP) is 5.67. The number of carbonyl (C=O) groups is 2. The van der Waals surface area contributed by atoms with Crippen molar-refractivity contribution in [3.63, 3.8) is 0 Å². The second-order valence-corrected chi connectivity index (χ2v) is 8.64. The minimum atomic E-state index is -0.303. The summed E-state index contributed by atoms with van der Waals surface area (Å²) in [7, 11) is 1.61. The number of fused-ring (bicyclic) bond motifs is 1. The summed E-state index contributed by atoms with van der Waals surface area (Å²) in [5.41, 5.74) is 2.41. The van der Waals surface area contributed by atoms with E-state index >= 15 is 0 Å². The number of aromatic nitrogens is 1. The molecule has 4 rings (SSSR count). The summed E-state index contributed by atoms with van der Waals surface area (Å²) in [6.45, 7) is 5.42.